The maximum atomic E-state index is 14.1. The first-order valence-corrected chi connectivity index (χ1v) is 38.2. The minimum atomic E-state index is -5.23. The maximum absolute atomic E-state index is 14.1. The van der Waals surface area contributed by atoms with Gasteiger partial charge in [-0.1, -0.05) is 191 Å². The average molecular weight is 1230 g/mol. The minimum absolute atomic E-state index is 0.129. The van der Waals surface area contributed by atoms with E-state index in [0.29, 0.717) is 32.3 Å². The summed E-state index contributed by atoms with van der Waals surface area (Å²) in [5.41, 5.74) is -0.531. The Hall–Kier alpha value is 0.330. The van der Waals surface area contributed by atoms with Gasteiger partial charge < -0.3 is 52.0 Å². The SMILES string of the molecule is CCCCC(CCCC)(CCCC)COCC(COP(=O)(O)OC(COCC(CCCC)(CCCC)CCCC)COP(=O)(O)OC(COCC(CCCC)(CCCC)CCCC)CP(=O)([O-])OCCCCCCF)OP(C)(=O)[O-]. The molecule has 0 rings (SSSR count). The zero-order valence-electron chi connectivity index (χ0n) is 52.1. The van der Waals surface area contributed by atoms with Crippen LogP contribution in [-0.2, 0) is 59.6 Å². The van der Waals surface area contributed by atoms with Gasteiger partial charge in [-0.05, 0) is 86.9 Å². The average Bonchev–Trinajstić information content (AvgIpc) is 3.40. The number of hydrogen-bond donors (Lipinski definition) is 2. The lowest BCUT2D eigenvalue weighted by Gasteiger charge is -2.35. The maximum Gasteiger partial charge on any atom is 0.472 e. The number of ether oxygens (including phenoxy) is 3. The second-order valence-corrected chi connectivity index (χ2v) is 29.6. The molecule has 0 radical (unpaired) electrons. The Morgan fingerprint density at radius 1 is 0.400 bits per heavy atom. The van der Waals surface area contributed by atoms with Crippen molar-refractivity contribution >= 4 is 30.8 Å². The Morgan fingerprint density at radius 2 is 0.688 bits per heavy atom. The summed E-state index contributed by atoms with van der Waals surface area (Å²) < 4.78 is 118. The molecule has 0 aliphatic rings. The molecule has 0 aliphatic carbocycles. The molecule has 0 aromatic heterocycles. The lowest BCUT2D eigenvalue weighted by molar-refractivity contribution is -0.204. The van der Waals surface area contributed by atoms with E-state index in [2.05, 4.69) is 62.3 Å². The van der Waals surface area contributed by atoms with Gasteiger partial charge in [0.1, 0.15) is 33.5 Å². The summed E-state index contributed by atoms with van der Waals surface area (Å²) >= 11 is 0. The minimum Gasteiger partial charge on any atom is -0.779 e. The van der Waals surface area contributed by atoms with Crippen molar-refractivity contribution in [1.82, 2.24) is 0 Å². The van der Waals surface area contributed by atoms with Crippen LogP contribution >= 0.6 is 30.8 Å². The normalized spacial score (nSPS) is 16.9. The molecule has 0 aromatic rings. The van der Waals surface area contributed by atoms with E-state index in [9.17, 15) is 42.2 Å². The van der Waals surface area contributed by atoms with Gasteiger partial charge in [0.25, 0.3) is 0 Å². The van der Waals surface area contributed by atoms with Gasteiger partial charge in [0.05, 0.1) is 66.1 Å². The number of phosphoric ester groups is 2. The van der Waals surface area contributed by atoms with Gasteiger partial charge in [0.15, 0.2) is 0 Å². The first-order valence-electron chi connectivity index (χ1n) is 31.5. The number of hydrogen-bond acceptors (Lipinski definition) is 15. The molecule has 80 heavy (non-hydrogen) atoms. The molecule has 0 saturated heterocycles. The van der Waals surface area contributed by atoms with Crippen molar-refractivity contribution < 1.29 is 83.6 Å². The number of rotatable bonds is 60. The van der Waals surface area contributed by atoms with E-state index >= 15 is 0 Å². The monoisotopic (exact) mass is 1230 g/mol. The second-order valence-electron chi connectivity index (χ2n) is 23.2. The molecular weight excluding hydrogens is 1110 g/mol. The molecule has 0 spiro atoms. The number of phosphoric acid groups is 2. The summed E-state index contributed by atoms with van der Waals surface area (Å²) in [4.78, 5) is 48.7. The summed E-state index contributed by atoms with van der Waals surface area (Å²) in [5, 5.41) is 0. The van der Waals surface area contributed by atoms with Crippen LogP contribution in [0.3, 0.4) is 0 Å². The van der Waals surface area contributed by atoms with Gasteiger partial charge in [-0.15, -0.1) is 0 Å². The highest BCUT2D eigenvalue weighted by Gasteiger charge is 2.37. The molecule has 7 atom stereocenters. The van der Waals surface area contributed by atoms with Gasteiger partial charge >= 0.3 is 15.6 Å². The summed E-state index contributed by atoms with van der Waals surface area (Å²) in [6.45, 7) is 17.7. The molecular formula is C58H119FO17P4-2. The van der Waals surface area contributed by atoms with E-state index < -0.39 is 75.2 Å². The summed E-state index contributed by atoms with van der Waals surface area (Å²) in [7, 11) is -19.5. The molecule has 0 aliphatic heterocycles. The van der Waals surface area contributed by atoms with E-state index in [1.807, 2.05) is 0 Å². The first kappa shape index (κ1) is 80.3. The molecule has 2 N–H and O–H groups in total. The van der Waals surface area contributed by atoms with Gasteiger partial charge in [-0.25, -0.2) is 9.13 Å². The van der Waals surface area contributed by atoms with Crippen LogP contribution in [0, 0.1) is 16.2 Å². The van der Waals surface area contributed by atoms with Crippen molar-refractivity contribution in [2.45, 2.75) is 280 Å². The number of alkyl halides is 1. The Balaban J connectivity index is 6.99. The second kappa shape index (κ2) is 46.5. The van der Waals surface area contributed by atoms with Crippen molar-refractivity contribution in [3.63, 3.8) is 0 Å². The summed E-state index contributed by atoms with van der Waals surface area (Å²) in [6, 6.07) is 0. The van der Waals surface area contributed by atoms with Crippen LogP contribution in [0.5, 0.6) is 0 Å². The Labute approximate surface area is 487 Å². The van der Waals surface area contributed by atoms with Gasteiger partial charge in [-0.3, -0.25) is 22.5 Å². The molecule has 7 unspecified atom stereocenters. The fourth-order valence-corrected chi connectivity index (χ4v) is 14.2. The zero-order valence-corrected chi connectivity index (χ0v) is 55.7. The largest absolute Gasteiger partial charge is 0.779 e. The third-order valence-electron chi connectivity index (χ3n) is 15.2. The van der Waals surface area contributed by atoms with Crippen LogP contribution in [-0.4, -0.2) is 107 Å². The highest BCUT2D eigenvalue weighted by Crippen LogP contribution is 2.51. The Bertz CT molecular complexity index is 1610. The van der Waals surface area contributed by atoms with E-state index in [1.54, 1.807) is 0 Å². The lowest BCUT2D eigenvalue weighted by atomic mass is 9.75. The molecule has 17 nitrogen and oxygen atoms in total. The van der Waals surface area contributed by atoms with Crippen molar-refractivity contribution in [3.05, 3.63) is 0 Å². The van der Waals surface area contributed by atoms with Crippen molar-refractivity contribution in [1.29, 1.82) is 0 Å². The molecule has 0 aromatic carbocycles. The third-order valence-corrected chi connectivity index (χ3v) is 19.4. The predicted octanol–water partition coefficient (Wildman–Crippen LogP) is 16.4. The molecule has 0 bridgehead atoms. The fraction of sp³-hybridized carbons (Fsp3) is 1.00. The van der Waals surface area contributed by atoms with Crippen LogP contribution in [0.4, 0.5) is 4.39 Å². The molecule has 0 heterocycles. The molecule has 22 heteroatoms. The first-order chi connectivity index (χ1) is 38.0. The van der Waals surface area contributed by atoms with E-state index in [0.717, 1.165) is 180 Å². The molecule has 0 amide bonds. The van der Waals surface area contributed by atoms with Gasteiger partial charge in [-0.2, -0.15) is 0 Å². The molecule has 0 fully saturated rings. The summed E-state index contributed by atoms with van der Waals surface area (Å²) in [6.07, 6.45) is 22.6. The fourth-order valence-electron chi connectivity index (χ4n) is 10.4. The number of halogens is 1. The van der Waals surface area contributed by atoms with Gasteiger partial charge in [0.2, 0.25) is 0 Å². The Kier molecular flexibility index (Phi) is 46.7. The van der Waals surface area contributed by atoms with Crippen LogP contribution < -0.4 is 9.79 Å². The van der Waals surface area contributed by atoms with Gasteiger partial charge in [0, 0.05) is 12.8 Å². The van der Waals surface area contributed by atoms with Crippen molar-refractivity contribution in [2.75, 3.05) is 79.0 Å². The van der Waals surface area contributed by atoms with E-state index in [4.69, 9.17) is 41.4 Å². The quantitative estimate of drug-likeness (QED) is 0.0425. The van der Waals surface area contributed by atoms with Crippen LogP contribution in [0.2, 0.25) is 0 Å². The summed E-state index contributed by atoms with van der Waals surface area (Å²) in [5.74, 6) is 0. The Morgan fingerprint density at radius 3 is 0.988 bits per heavy atom. The third kappa shape index (κ3) is 40.7. The molecule has 0 saturated carbocycles. The number of unbranched alkanes of at least 4 members (excludes halogenated alkanes) is 12. The van der Waals surface area contributed by atoms with Crippen LogP contribution in [0.1, 0.15) is 261 Å². The predicted molar refractivity (Wildman–Crippen MR) is 318 cm³/mol. The van der Waals surface area contributed by atoms with Crippen molar-refractivity contribution in [3.8, 4) is 0 Å². The zero-order chi connectivity index (χ0) is 60.3. The standard InChI is InChI=1S/C58H121FO17P4/c1-11-20-33-56(34-21-12-2,35-22-13-3)50-68-44-53(74-77(10,60)61)47-72-79(64,65)75-54(45-69-51-57(36-23-14-4,37-24-15-5)38-25-16-6)48-73-80(66,67)76-55(49-78(62,63)71-43-32-30-29-31-42-59)46-70-52-58(39-26-17-7,40-27-18-8)41-28-19-9/h53-55H,11-52H2,1-10H3,(H,60,61)(H,62,63)(H,64,65)(H,66,67)/p-2. The van der Waals surface area contributed by atoms with Crippen LogP contribution in [0.25, 0.3) is 0 Å². The highest BCUT2D eigenvalue weighted by atomic mass is 31.2. The lowest BCUT2D eigenvalue weighted by Crippen LogP contribution is -2.33. The topological polar surface area (TPSA) is 238 Å². The van der Waals surface area contributed by atoms with Crippen molar-refractivity contribution in [2.24, 2.45) is 16.2 Å². The van der Waals surface area contributed by atoms with E-state index in [-0.39, 0.29) is 55.9 Å². The smallest absolute Gasteiger partial charge is 0.472 e. The van der Waals surface area contributed by atoms with E-state index in [1.165, 1.54) is 0 Å². The molecule has 482 valence electrons. The highest BCUT2D eigenvalue weighted by molar-refractivity contribution is 7.51. The van der Waals surface area contributed by atoms with Crippen LogP contribution in [0.15, 0.2) is 0 Å².